The summed E-state index contributed by atoms with van der Waals surface area (Å²) in [4.78, 5) is 0. The summed E-state index contributed by atoms with van der Waals surface area (Å²) < 4.78 is 0. The molecular weight excluding hydrogens is 156 g/mol. The largest absolute Gasteiger partial charge is 0.0622 e. The molecular formula is C13H22. The Labute approximate surface area is 82.1 Å². The molecule has 0 aromatic carbocycles. The highest BCUT2D eigenvalue weighted by Gasteiger charge is 2.47. The first-order valence-electron chi connectivity index (χ1n) is 6.34. The van der Waals surface area contributed by atoms with Crippen molar-refractivity contribution < 1.29 is 0 Å². The van der Waals surface area contributed by atoms with Gasteiger partial charge in [0, 0.05) is 0 Å². The average molecular weight is 178 g/mol. The lowest BCUT2D eigenvalue weighted by molar-refractivity contribution is 0.169. The van der Waals surface area contributed by atoms with Gasteiger partial charge in [0.1, 0.15) is 0 Å². The third-order valence-corrected chi connectivity index (χ3v) is 5.20. The molecule has 3 fully saturated rings. The molecule has 0 aromatic rings. The zero-order chi connectivity index (χ0) is 8.84. The lowest BCUT2D eigenvalue weighted by Gasteiger charge is -2.34. The van der Waals surface area contributed by atoms with E-state index in [1.165, 1.54) is 18.3 Å². The highest BCUT2D eigenvalue weighted by atomic mass is 14.5. The highest BCUT2D eigenvalue weighted by Crippen LogP contribution is 2.57. The molecule has 3 aliphatic carbocycles. The molecule has 13 heavy (non-hydrogen) atoms. The number of rotatable bonds is 3. The van der Waals surface area contributed by atoms with E-state index in [0.29, 0.717) is 0 Å². The van der Waals surface area contributed by atoms with Crippen LogP contribution in [-0.2, 0) is 0 Å². The van der Waals surface area contributed by atoms with Crippen LogP contribution < -0.4 is 0 Å². The first kappa shape index (κ1) is 8.32. The molecule has 0 amide bonds. The Hall–Kier alpha value is 0. The summed E-state index contributed by atoms with van der Waals surface area (Å²) in [7, 11) is 0. The monoisotopic (exact) mass is 178 g/mol. The molecule has 3 aliphatic rings. The third-order valence-electron chi connectivity index (χ3n) is 5.20. The fraction of sp³-hybridized carbons (Fsp3) is 1.00. The van der Waals surface area contributed by atoms with Crippen molar-refractivity contribution in [1.82, 2.24) is 0 Å². The van der Waals surface area contributed by atoms with E-state index >= 15 is 0 Å². The van der Waals surface area contributed by atoms with Crippen LogP contribution in [0.1, 0.15) is 51.9 Å². The van der Waals surface area contributed by atoms with Crippen molar-refractivity contribution in [3.63, 3.8) is 0 Å². The number of hydrogen-bond donors (Lipinski definition) is 0. The predicted molar refractivity (Wildman–Crippen MR) is 55.4 cm³/mol. The summed E-state index contributed by atoms with van der Waals surface area (Å²) >= 11 is 0. The van der Waals surface area contributed by atoms with Gasteiger partial charge in [-0.1, -0.05) is 13.3 Å². The SMILES string of the molecule is C[C@H]1CCC1CCC1CCC2CC12. The highest BCUT2D eigenvalue weighted by molar-refractivity contribution is 4.97. The molecule has 5 atom stereocenters. The molecule has 0 spiro atoms. The van der Waals surface area contributed by atoms with Crippen LogP contribution in [0.5, 0.6) is 0 Å². The Morgan fingerprint density at radius 1 is 0.923 bits per heavy atom. The van der Waals surface area contributed by atoms with Crippen molar-refractivity contribution in [1.29, 1.82) is 0 Å². The second-order valence-corrected chi connectivity index (χ2v) is 5.89. The lowest BCUT2D eigenvalue weighted by Crippen LogP contribution is -2.23. The molecule has 0 aliphatic heterocycles. The van der Waals surface area contributed by atoms with E-state index in [4.69, 9.17) is 0 Å². The van der Waals surface area contributed by atoms with E-state index in [1.807, 2.05) is 0 Å². The van der Waals surface area contributed by atoms with Gasteiger partial charge in [-0.05, 0) is 68.1 Å². The third kappa shape index (κ3) is 1.43. The summed E-state index contributed by atoms with van der Waals surface area (Å²) in [5.74, 6) is 5.76. The fourth-order valence-electron chi connectivity index (χ4n) is 3.77. The summed E-state index contributed by atoms with van der Waals surface area (Å²) in [5, 5.41) is 0. The van der Waals surface area contributed by atoms with Gasteiger partial charge in [-0.25, -0.2) is 0 Å². The van der Waals surface area contributed by atoms with E-state index < -0.39 is 0 Å². The molecule has 0 N–H and O–H groups in total. The van der Waals surface area contributed by atoms with Crippen molar-refractivity contribution in [2.75, 3.05) is 0 Å². The Morgan fingerprint density at radius 2 is 1.69 bits per heavy atom. The van der Waals surface area contributed by atoms with Gasteiger partial charge in [0.15, 0.2) is 0 Å². The summed E-state index contributed by atoms with van der Waals surface area (Å²) in [6, 6.07) is 0. The van der Waals surface area contributed by atoms with Crippen molar-refractivity contribution in [2.45, 2.75) is 51.9 Å². The zero-order valence-electron chi connectivity index (χ0n) is 8.84. The van der Waals surface area contributed by atoms with Crippen LogP contribution in [0.4, 0.5) is 0 Å². The van der Waals surface area contributed by atoms with Crippen LogP contribution in [-0.4, -0.2) is 0 Å². The van der Waals surface area contributed by atoms with Crippen molar-refractivity contribution in [2.24, 2.45) is 29.6 Å². The molecule has 0 nitrogen and oxygen atoms in total. The molecule has 0 heterocycles. The standard InChI is InChI=1S/C13H22/c1-9-2-3-10(9)4-5-11-6-7-12-8-13(11)12/h9-13H,2-8H2,1H3/t9-,10?,11?,12?,13?/m0/s1. The second-order valence-electron chi connectivity index (χ2n) is 5.89. The first-order chi connectivity index (χ1) is 6.34. The van der Waals surface area contributed by atoms with E-state index in [9.17, 15) is 0 Å². The number of fused-ring (bicyclic) bond motifs is 1. The van der Waals surface area contributed by atoms with E-state index in [0.717, 1.165) is 17.8 Å². The molecule has 0 bridgehead atoms. The minimum atomic E-state index is 1.07. The molecule has 74 valence electrons. The van der Waals surface area contributed by atoms with Crippen LogP contribution in [0.15, 0.2) is 0 Å². The summed E-state index contributed by atoms with van der Waals surface area (Å²) in [6.07, 6.45) is 11.0. The second kappa shape index (κ2) is 3.00. The van der Waals surface area contributed by atoms with Crippen LogP contribution in [0.2, 0.25) is 0 Å². The van der Waals surface area contributed by atoms with Gasteiger partial charge >= 0.3 is 0 Å². The van der Waals surface area contributed by atoms with E-state index in [-0.39, 0.29) is 0 Å². The molecule has 0 saturated heterocycles. The fourth-order valence-corrected chi connectivity index (χ4v) is 3.77. The Morgan fingerprint density at radius 3 is 2.15 bits per heavy atom. The van der Waals surface area contributed by atoms with Crippen LogP contribution in [0, 0.1) is 29.6 Å². The van der Waals surface area contributed by atoms with Gasteiger partial charge in [0.25, 0.3) is 0 Å². The first-order valence-corrected chi connectivity index (χ1v) is 6.34. The van der Waals surface area contributed by atoms with Gasteiger partial charge in [-0.2, -0.15) is 0 Å². The average Bonchev–Trinajstić information content (AvgIpc) is 2.81. The van der Waals surface area contributed by atoms with E-state index in [2.05, 4.69) is 6.92 Å². The van der Waals surface area contributed by atoms with Gasteiger partial charge < -0.3 is 0 Å². The maximum Gasteiger partial charge on any atom is -0.0355 e. The zero-order valence-corrected chi connectivity index (χ0v) is 8.84. The van der Waals surface area contributed by atoms with Crippen LogP contribution >= 0.6 is 0 Å². The Kier molecular flexibility index (Phi) is 1.92. The lowest BCUT2D eigenvalue weighted by atomic mass is 9.71. The smallest absolute Gasteiger partial charge is 0.0355 e. The normalized spacial score (nSPS) is 52.8. The minimum Gasteiger partial charge on any atom is -0.0622 e. The topological polar surface area (TPSA) is 0 Å². The van der Waals surface area contributed by atoms with Gasteiger partial charge in [0.2, 0.25) is 0 Å². The Balaban J connectivity index is 1.43. The van der Waals surface area contributed by atoms with Crippen LogP contribution in [0.25, 0.3) is 0 Å². The van der Waals surface area contributed by atoms with Gasteiger partial charge in [0.05, 0.1) is 0 Å². The summed E-state index contributed by atoms with van der Waals surface area (Å²) in [6.45, 7) is 2.45. The van der Waals surface area contributed by atoms with Gasteiger partial charge in [-0.15, -0.1) is 0 Å². The maximum absolute atomic E-state index is 2.45. The maximum atomic E-state index is 2.45. The van der Waals surface area contributed by atoms with Crippen LogP contribution in [0.3, 0.4) is 0 Å². The van der Waals surface area contributed by atoms with E-state index in [1.54, 1.807) is 38.5 Å². The van der Waals surface area contributed by atoms with Crippen molar-refractivity contribution in [3.05, 3.63) is 0 Å². The van der Waals surface area contributed by atoms with Gasteiger partial charge in [-0.3, -0.25) is 0 Å². The van der Waals surface area contributed by atoms with Crippen molar-refractivity contribution >= 4 is 0 Å². The molecule has 4 unspecified atom stereocenters. The molecule has 3 saturated carbocycles. The summed E-state index contributed by atoms with van der Waals surface area (Å²) in [5.41, 5.74) is 0. The van der Waals surface area contributed by atoms with Crippen molar-refractivity contribution in [3.8, 4) is 0 Å². The minimum absolute atomic E-state index is 1.07. The Bertz CT molecular complexity index is 196. The quantitative estimate of drug-likeness (QED) is 0.615. The molecule has 0 heteroatoms. The predicted octanol–water partition coefficient (Wildman–Crippen LogP) is 3.86. The molecule has 0 radical (unpaired) electrons. The molecule has 0 aromatic heterocycles. The molecule has 3 rings (SSSR count). The number of hydrogen-bond acceptors (Lipinski definition) is 0.